The fraction of sp³-hybridized carbons (Fsp3) is 0.900. The molecule has 1 unspecified atom stereocenters. The zero-order valence-electron chi connectivity index (χ0n) is 7.63. The summed E-state index contributed by atoms with van der Waals surface area (Å²) in [6.45, 7) is 1.89. The van der Waals surface area contributed by atoms with Crippen LogP contribution in [0.3, 0.4) is 0 Å². The molecule has 0 N–H and O–H groups in total. The van der Waals surface area contributed by atoms with Gasteiger partial charge in [-0.05, 0) is 31.6 Å². The van der Waals surface area contributed by atoms with Gasteiger partial charge >= 0.3 is 0 Å². The number of hydrogen-bond acceptors (Lipinski definition) is 2. The fourth-order valence-electron chi connectivity index (χ4n) is 1.70. The topological polar surface area (TPSA) is 26.3 Å². The van der Waals surface area contributed by atoms with Crippen LogP contribution in [0.2, 0.25) is 0 Å². The lowest BCUT2D eigenvalue weighted by atomic mass is 9.96. The van der Waals surface area contributed by atoms with E-state index >= 15 is 0 Å². The van der Waals surface area contributed by atoms with Gasteiger partial charge in [0.1, 0.15) is 6.29 Å². The van der Waals surface area contributed by atoms with Crippen LogP contribution in [0.15, 0.2) is 0 Å². The molecule has 12 heavy (non-hydrogen) atoms. The molecule has 1 atom stereocenters. The first-order valence-corrected chi connectivity index (χ1v) is 4.95. The smallest absolute Gasteiger partial charge is 0.119 e. The van der Waals surface area contributed by atoms with Crippen LogP contribution in [0, 0.1) is 5.92 Å². The SMILES string of the molecule is O=CCCCCC1CCCOC1. The highest BCUT2D eigenvalue weighted by atomic mass is 16.5. The van der Waals surface area contributed by atoms with E-state index in [0.717, 1.165) is 38.3 Å². The molecule has 0 spiro atoms. The van der Waals surface area contributed by atoms with E-state index in [9.17, 15) is 4.79 Å². The molecule has 0 saturated carbocycles. The Morgan fingerprint density at radius 2 is 2.33 bits per heavy atom. The van der Waals surface area contributed by atoms with Crippen molar-refractivity contribution < 1.29 is 9.53 Å². The average Bonchev–Trinajstić information content (AvgIpc) is 2.14. The number of aldehydes is 1. The third-order valence-corrected chi connectivity index (χ3v) is 2.44. The molecule has 1 fully saturated rings. The molecule has 1 heterocycles. The van der Waals surface area contributed by atoms with E-state index in [1.807, 2.05) is 0 Å². The summed E-state index contributed by atoms with van der Waals surface area (Å²) in [5, 5.41) is 0. The zero-order chi connectivity index (χ0) is 8.65. The summed E-state index contributed by atoms with van der Waals surface area (Å²) in [5.74, 6) is 0.769. The summed E-state index contributed by atoms with van der Waals surface area (Å²) in [6, 6.07) is 0. The van der Waals surface area contributed by atoms with Crippen molar-refractivity contribution >= 4 is 6.29 Å². The molecule has 1 aliphatic heterocycles. The molecule has 0 aromatic heterocycles. The summed E-state index contributed by atoms with van der Waals surface area (Å²) in [5.41, 5.74) is 0. The lowest BCUT2D eigenvalue weighted by Gasteiger charge is -2.21. The zero-order valence-corrected chi connectivity index (χ0v) is 7.63. The van der Waals surface area contributed by atoms with Crippen molar-refractivity contribution in [1.82, 2.24) is 0 Å². The Kier molecular flexibility index (Phi) is 5.00. The van der Waals surface area contributed by atoms with Gasteiger partial charge in [-0.25, -0.2) is 0 Å². The highest BCUT2D eigenvalue weighted by molar-refractivity contribution is 5.48. The molecule has 0 aromatic carbocycles. The summed E-state index contributed by atoms with van der Waals surface area (Å²) in [4.78, 5) is 10.0. The maximum absolute atomic E-state index is 10.0. The van der Waals surface area contributed by atoms with Crippen molar-refractivity contribution in [2.24, 2.45) is 5.92 Å². The lowest BCUT2D eigenvalue weighted by molar-refractivity contribution is -0.107. The first-order valence-electron chi connectivity index (χ1n) is 4.95. The third-order valence-electron chi connectivity index (χ3n) is 2.44. The molecule has 0 aromatic rings. The second kappa shape index (κ2) is 6.18. The van der Waals surface area contributed by atoms with Crippen molar-refractivity contribution in [3.63, 3.8) is 0 Å². The Labute approximate surface area is 74.3 Å². The van der Waals surface area contributed by atoms with Crippen molar-refractivity contribution in [3.8, 4) is 0 Å². The Bertz CT molecular complexity index is 117. The Balaban J connectivity index is 1.94. The molecule has 0 bridgehead atoms. The first kappa shape index (κ1) is 9.72. The van der Waals surface area contributed by atoms with Crippen LogP contribution < -0.4 is 0 Å². The maximum atomic E-state index is 10.0. The predicted molar refractivity (Wildman–Crippen MR) is 48.1 cm³/mol. The van der Waals surface area contributed by atoms with Crippen molar-refractivity contribution in [2.75, 3.05) is 13.2 Å². The van der Waals surface area contributed by atoms with Crippen LogP contribution in [0.1, 0.15) is 38.5 Å². The van der Waals surface area contributed by atoms with Gasteiger partial charge in [0.25, 0.3) is 0 Å². The standard InChI is InChI=1S/C10H18O2/c11-7-3-1-2-5-10-6-4-8-12-9-10/h7,10H,1-6,8-9H2. The van der Waals surface area contributed by atoms with Gasteiger partial charge in [0.15, 0.2) is 0 Å². The van der Waals surface area contributed by atoms with Crippen LogP contribution in [0.5, 0.6) is 0 Å². The minimum Gasteiger partial charge on any atom is -0.381 e. The minimum absolute atomic E-state index is 0.730. The molecular weight excluding hydrogens is 152 g/mol. The van der Waals surface area contributed by atoms with E-state index in [0.29, 0.717) is 0 Å². The number of unbranched alkanes of at least 4 members (excludes halogenated alkanes) is 2. The van der Waals surface area contributed by atoms with Gasteiger partial charge in [-0.3, -0.25) is 0 Å². The minimum atomic E-state index is 0.730. The normalized spacial score (nSPS) is 23.8. The Morgan fingerprint density at radius 3 is 3.00 bits per heavy atom. The summed E-state index contributed by atoms with van der Waals surface area (Å²) in [6.07, 6.45) is 7.77. The number of hydrogen-bond donors (Lipinski definition) is 0. The Morgan fingerprint density at radius 1 is 1.42 bits per heavy atom. The monoisotopic (exact) mass is 170 g/mol. The van der Waals surface area contributed by atoms with Crippen molar-refractivity contribution in [2.45, 2.75) is 38.5 Å². The lowest BCUT2D eigenvalue weighted by Crippen LogP contribution is -2.16. The van der Waals surface area contributed by atoms with E-state index in [4.69, 9.17) is 4.74 Å². The summed E-state index contributed by atoms with van der Waals surface area (Å²) in [7, 11) is 0. The molecule has 2 nitrogen and oxygen atoms in total. The predicted octanol–water partition coefficient (Wildman–Crippen LogP) is 2.17. The van der Waals surface area contributed by atoms with E-state index < -0.39 is 0 Å². The number of carbonyl (C=O) groups excluding carboxylic acids is 1. The molecule has 0 amide bonds. The Hall–Kier alpha value is -0.370. The van der Waals surface area contributed by atoms with Crippen molar-refractivity contribution in [1.29, 1.82) is 0 Å². The largest absolute Gasteiger partial charge is 0.381 e. The van der Waals surface area contributed by atoms with Gasteiger partial charge in [-0.15, -0.1) is 0 Å². The molecule has 0 aliphatic carbocycles. The van der Waals surface area contributed by atoms with Crippen LogP contribution in [0.4, 0.5) is 0 Å². The van der Waals surface area contributed by atoms with Gasteiger partial charge in [0.2, 0.25) is 0 Å². The van der Waals surface area contributed by atoms with Crippen LogP contribution >= 0.6 is 0 Å². The van der Waals surface area contributed by atoms with E-state index in [1.54, 1.807) is 0 Å². The van der Waals surface area contributed by atoms with Gasteiger partial charge in [0.05, 0.1) is 0 Å². The number of rotatable bonds is 5. The van der Waals surface area contributed by atoms with Gasteiger partial charge in [0, 0.05) is 19.6 Å². The average molecular weight is 170 g/mol. The molecule has 2 heteroatoms. The molecular formula is C10H18O2. The number of carbonyl (C=O) groups is 1. The van der Waals surface area contributed by atoms with Crippen LogP contribution in [-0.2, 0) is 9.53 Å². The van der Waals surface area contributed by atoms with Gasteiger partial charge in [-0.1, -0.05) is 6.42 Å². The van der Waals surface area contributed by atoms with Gasteiger partial charge in [-0.2, -0.15) is 0 Å². The van der Waals surface area contributed by atoms with Gasteiger partial charge < -0.3 is 9.53 Å². The van der Waals surface area contributed by atoms with Crippen LogP contribution in [-0.4, -0.2) is 19.5 Å². The van der Waals surface area contributed by atoms with E-state index in [1.165, 1.54) is 25.7 Å². The quantitative estimate of drug-likeness (QED) is 0.467. The second-order valence-electron chi connectivity index (χ2n) is 3.53. The molecule has 0 radical (unpaired) electrons. The molecule has 1 saturated heterocycles. The highest BCUT2D eigenvalue weighted by Crippen LogP contribution is 2.19. The number of ether oxygens (including phenoxy) is 1. The van der Waals surface area contributed by atoms with Crippen molar-refractivity contribution in [3.05, 3.63) is 0 Å². The second-order valence-corrected chi connectivity index (χ2v) is 3.53. The molecule has 70 valence electrons. The van der Waals surface area contributed by atoms with Crippen LogP contribution in [0.25, 0.3) is 0 Å². The summed E-state index contributed by atoms with van der Waals surface area (Å²) >= 11 is 0. The molecule has 1 rings (SSSR count). The van der Waals surface area contributed by atoms with E-state index in [-0.39, 0.29) is 0 Å². The summed E-state index contributed by atoms with van der Waals surface area (Å²) < 4.78 is 5.37. The maximum Gasteiger partial charge on any atom is 0.119 e. The van der Waals surface area contributed by atoms with E-state index in [2.05, 4.69) is 0 Å². The highest BCUT2D eigenvalue weighted by Gasteiger charge is 2.12. The fourth-order valence-corrected chi connectivity index (χ4v) is 1.70. The third kappa shape index (κ3) is 3.86. The molecule has 1 aliphatic rings. The first-order chi connectivity index (χ1) is 5.93.